The number of rotatable bonds is 7. The van der Waals surface area contributed by atoms with E-state index in [0.717, 1.165) is 11.8 Å². The summed E-state index contributed by atoms with van der Waals surface area (Å²) in [6.07, 6.45) is 1.56. The quantitative estimate of drug-likeness (QED) is 0.618. The number of tetrazole rings is 1. The van der Waals surface area contributed by atoms with E-state index in [1.807, 2.05) is 0 Å². The molecule has 0 fully saturated rings. The number of thioether (sulfide) groups is 1. The van der Waals surface area contributed by atoms with Crippen LogP contribution in [0.4, 0.5) is 0 Å². The second-order valence-electron chi connectivity index (χ2n) is 5.09. The molecule has 0 spiro atoms. The van der Waals surface area contributed by atoms with Crippen LogP contribution in [-0.2, 0) is 11.3 Å². The third-order valence-electron chi connectivity index (χ3n) is 3.32. The maximum Gasteiger partial charge on any atom is 0.257 e. The zero-order valence-corrected chi connectivity index (χ0v) is 14.6. The lowest BCUT2D eigenvalue weighted by Gasteiger charge is -2.05. The van der Waals surface area contributed by atoms with Crippen molar-refractivity contribution < 1.29 is 18.7 Å². The highest BCUT2D eigenvalue weighted by atomic mass is 32.2. The summed E-state index contributed by atoms with van der Waals surface area (Å²) in [7, 11) is 1.54. The van der Waals surface area contributed by atoms with Crippen molar-refractivity contribution in [1.82, 2.24) is 25.5 Å². The first-order valence-corrected chi connectivity index (χ1v) is 8.54. The second kappa shape index (κ2) is 8.30. The molecule has 2 heterocycles. The van der Waals surface area contributed by atoms with E-state index in [4.69, 9.17) is 9.15 Å². The lowest BCUT2D eigenvalue weighted by molar-refractivity contribution is -0.117. The summed E-state index contributed by atoms with van der Waals surface area (Å²) in [5, 5.41) is 14.1. The standard InChI is InChI=1S/C16H15N5O4S/c1-24-12-6-4-11(5-7-12)15(23)17-14(22)10-26-16-18-19-20-21(16)9-13-3-2-8-25-13/h2-8H,9-10H2,1H3,(H,17,22,23). The molecule has 9 nitrogen and oxygen atoms in total. The molecule has 0 saturated heterocycles. The predicted octanol–water partition coefficient (Wildman–Crippen LogP) is 1.37. The molecule has 10 heteroatoms. The lowest BCUT2D eigenvalue weighted by atomic mass is 10.2. The van der Waals surface area contributed by atoms with E-state index in [-0.39, 0.29) is 5.75 Å². The number of aromatic nitrogens is 4. The molecule has 3 rings (SSSR count). The minimum absolute atomic E-state index is 0.000419. The van der Waals surface area contributed by atoms with Crippen LogP contribution in [0, 0.1) is 0 Å². The number of carbonyl (C=O) groups is 2. The second-order valence-corrected chi connectivity index (χ2v) is 6.04. The number of carbonyl (C=O) groups excluding carboxylic acids is 2. The van der Waals surface area contributed by atoms with Gasteiger partial charge in [0.1, 0.15) is 18.1 Å². The Morgan fingerprint density at radius 2 is 2.08 bits per heavy atom. The maximum absolute atomic E-state index is 12.1. The Balaban J connectivity index is 1.52. The minimum atomic E-state index is -0.478. The molecule has 0 radical (unpaired) electrons. The van der Waals surface area contributed by atoms with Crippen molar-refractivity contribution in [2.45, 2.75) is 11.7 Å². The van der Waals surface area contributed by atoms with Crippen LogP contribution >= 0.6 is 11.8 Å². The van der Waals surface area contributed by atoms with Crippen molar-refractivity contribution in [1.29, 1.82) is 0 Å². The molecule has 0 saturated carbocycles. The van der Waals surface area contributed by atoms with Crippen LogP contribution in [0.5, 0.6) is 5.75 Å². The first-order chi connectivity index (χ1) is 12.7. The molecule has 0 aliphatic rings. The number of amides is 2. The summed E-state index contributed by atoms with van der Waals surface area (Å²) >= 11 is 1.13. The van der Waals surface area contributed by atoms with Gasteiger partial charge in [0.15, 0.2) is 0 Å². The van der Waals surface area contributed by atoms with Gasteiger partial charge in [-0.15, -0.1) is 5.10 Å². The number of ether oxygens (including phenoxy) is 1. The van der Waals surface area contributed by atoms with Crippen molar-refractivity contribution in [2.75, 3.05) is 12.9 Å². The van der Waals surface area contributed by atoms with Crippen LogP contribution < -0.4 is 10.1 Å². The van der Waals surface area contributed by atoms with Crippen molar-refractivity contribution >= 4 is 23.6 Å². The van der Waals surface area contributed by atoms with Gasteiger partial charge in [-0.1, -0.05) is 11.8 Å². The Kier molecular flexibility index (Phi) is 5.64. The third kappa shape index (κ3) is 4.48. The normalized spacial score (nSPS) is 10.5. The number of hydrogen-bond donors (Lipinski definition) is 1. The first kappa shape index (κ1) is 17.7. The molecule has 0 aliphatic heterocycles. The van der Waals surface area contributed by atoms with Crippen molar-refractivity contribution in [3.63, 3.8) is 0 Å². The zero-order chi connectivity index (χ0) is 18.4. The fraction of sp³-hybridized carbons (Fsp3) is 0.188. The van der Waals surface area contributed by atoms with Crippen LogP contribution in [0.2, 0.25) is 0 Å². The summed E-state index contributed by atoms with van der Waals surface area (Å²) in [5.41, 5.74) is 0.367. The molecule has 0 aliphatic carbocycles. The molecule has 0 atom stereocenters. The summed E-state index contributed by atoms with van der Waals surface area (Å²) in [4.78, 5) is 24.1. The van der Waals surface area contributed by atoms with E-state index < -0.39 is 11.8 Å². The number of imide groups is 1. The summed E-state index contributed by atoms with van der Waals surface area (Å²) < 4.78 is 11.8. The molecular weight excluding hydrogens is 358 g/mol. The average molecular weight is 373 g/mol. The topological polar surface area (TPSA) is 112 Å². The van der Waals surface area contributed by atoms with E-state index in [2.05, 4.69) is 20.8 Å². The Labute approximate surface area is 152 Å². The van der Waals surface area contributed by atoms with E-state index in [1.165, 1.54) is 11.8 Å². The fourth-order valence-corrected chi connectivity index (χ4v) is 2.73. The Morgan fingerprint density at radius 1 is 1.27 bits per heavy atom. The van der Waals surface area contributed by atoms with Crippen LogP contribution in [0.15, 0.2) is 52.2 Å². The highest BCUT2D eigenvalue weighted by Crippen LogP contribution is 2.15. The SMILES string of the molecule is COc1ccc(C(=O)NC(=O)CSc2nnnn2Cc2ccco2)cc1. The van der Waals surface area contributed by atoms with Gasteiger partial charge < -0.3 is 9.15 Å². The molecule has 26 heavy (non-hydrogen) atoms. The fourth-order valence-electron chi connectivity index (χ4n) is 2.06. The largest absolute Gasteiger partial charge is 0.497 e. The highest BCUT2D eigenvalue weighted by Gasteiger charge is 2.14. The molecule has 2 aromatic heterocycles. The summed E-state index contributed by atoms with van der Waals surface area (Å²) in [5.74, 6) is 0.405. The van der Waals surface area contributed by atoms with Crippen LogP contribution in [0.25, 0.3) is 0 Å². The van der Waals surface area contributed by atoms with Gasteiger partial charge in [-0.25, -0.2) is 4.68 Å². The number of nitrogens with one attached hydrogen (secondary N) is 1. The summed E-state index contributed by atoms with van der Waals surface area (Å²) in [6.45, 7) is 0.356. The Bertz CT molecular complexity index is 876. The summed E-state index contributed by atoms with van der Waals surface area (Å²) in [6, 6.07) is 10.0. The van der Waals surface area contributed by atoms with E-state index in [9.17, 15) is 9.59 Å². The van der Waals surface area contributed by atoms with Crippen molar-refractivity contribution in [2.24, 2.45) is 0 Å². The third-order valence-corrected chi connectivity index (χ3v) is 4.28. The minimum Gasteiger partial charge on any atom is -0.497 e. The molecule has 0 unspecified atom stereocenters. The lowest BCUT2D eigenvalue weighted by Crippen LogP contribution is -2.31. The highest BCUT2D eigenvalue weighted by molar-refractivity contribution is 7.99. The molecule has 2 amide bonds. The molecular formula is C16H15N5O4S. The number of methoxy groups -OCH3 is 1. The first-order valence-electron chi connectivity index (χ1n) is 7.55. The molecule has 1 N–H and O–H groups in total. The van der Waals surface area contributed by atoms with Gasteiger partial charge in [0.25, 0.3) is 5.91 Å². The average Bonchev–Trinajstić information content (AvgIpc) is 3.32. The van der Waals surface area contributed by atoms with Gasteiger partial charge in [0, 0.05) is 5.56 Å². The van der Waals surface area contributed by atoms with Gasteiger partial charge in [-0.2, -0.15) is 0 Å². The van der Waals surface area contributed by atoms with Gasteiger partial charge >= 0.3 is 0 Å². The number of hydrogen-bond acceptors (Lipinski definition) is 8. The maximum atomic E-state index is 12.1. The van der Waals surface area contributed by atoms with Gasteiger partial charge in [0.05, 0.1) is 19.1 Å². The molecule has 134 valence electrons. The van der Waals surface area contributed by atoms with E-state index in [0.29, 0.717) is 28.8 Å². The van der Waals surface area contributed by atoms with Gasteiger partial charge in [0.2, 0.25) is 11.1 Å². The number of benzene rings is 1. The van der Waals surface area contributed by atoms with E-state index >= 15 is 0 Å². The van der Waals surface area contributed by atoms with E-state index in [1.54, 1.807) is 42.7 Å². The Hall–Kier alpha value is -3.14. The van der Waals surface area contributed by atoms with Gasteiger partial charge in [-0.05, 0) is 46.8 Å². The van der Waals surface area contributed by atoms with Crippen LogP contribution in [0.3, 0.4) is 0 Å². The van der Waals surface area contributed by atoms with Crippen molar-refractivity contribution in [3.8, 4) is 5.75 Å². The van der Waals surface area contributed by atoms with Gasteiger partial charge in [-0.3, -0.25) is 14.9 Å². The zero-order valence-electron chi connectivity index (χ0n) is 13.8. The monoisotopic (exact) mass is 373 g/mol. The van der Waals surface area contributed by atoms with Crippen LogP contribution in [-0.4, -0.2) is 44.9 Å². The van der Waals surface area contributed by atoms with Crippen LogP contribution in [0.1, 0.15) is 16.1 Å². The Morgan fingerprint density at radius 3 is 2.77 bits per heavy atom. The number of nitrogens with zero attached hydrogens (tertiary/aromatic N) is 4. The smallest absolute Gasteiger partial charge is 0.257 e. The van der Waals surface area contributed by atoms with Crippen molar-refractivity contribution in [3.05, 3.63) is 54.0 Å². The molecule has 1 aromatic carbocycles. The molecule has 0 bridgehead atoms. The predicted molar refractivity (Wildman–Crippen MR) is 91.8 cm³/mol. The molecule has 3 aromatic rings. The number of furan rings is 1.